The molecule has 1 spiro atoms. The largest absolute Gasteiger partial charge is 0.412 e. The summed E-state index contributed by atoms with van der Waals surface area (Å²) in [4.78, 5) is 29.6. The van der Waals surface area contributed by atoms with Crippen LogP contribution in [0.2, 0.25) is 0 Å². The first kappa shape index (κ1) is 23.4. The van der Waals surface area contributed by atoms with Crippen molar-refractivity contribution >= 4 is 17.7 Å². The Bertz CT molecular complexity index is 921. The molecule has 1 unspecified atom stereocenters. The summed E-state index contributed by atoms with van der Waals surface area (Å²) in [5, 5.41) is 22.2. The number of aliphatic hydroxyl groups excluding tert-OH is 1. The molecule has 178 valence electrons. The van der Waals surface area contributed by atoms with E-state index in [9.17, 15) is 20.0 Å². The van der Waals surface area contributed by atoms with Crippen LogP contribution in [0.4, 0.5) is 10.5 Å². The minimum Gasteiger partial charge on any atom is -0.410 e. The lowest BCUT2D eigenvalue weighted by Crippen LogP contribution is -2.50. The van der Waals surface area contributed by atoms with Crippen LogP contribution in [0.1, 0.15) is 63.9 Å². The van der Waals surface area contributed by atoms with E-state index in [4.69, 9.17) is 4.74 Å². The van der Waals surface area contributed by atoms with Crippen LogP contribution in [-0.2, 0) is 4.79 Å². The molecule has 33 heavy (non-hydrogen) atoms. The Labute approximate surface area is 195 Å². The molecule has 1 atom stereocenters. The van der Waals surface area contributed by atoms with E-state index >= 15 is 0 Å². The Morgan fingerprint density at radius 2 is 2.06 bits per heavy atom. The lowest BCUT2D eigenvalue weighted by atomic mass is 9.78. The van der Waals surface area contributed by atoms with E-state index in [1.54, 1.807) is 12.1 Å². The lowest BCUT2D eigenvalue weighted by Gasteiger charge is -2.41. The topological polar surface area (TPSA) is 106 Å². The summed E-state index contributed by atoms with van der Waals surface area (Å²) in [6.45, 7) is 4.66. The zero-order valence-electron chi connectivity index (χ0n) is 19.4. The molecule has 8 heteroatoms. The van der Waals surface area contributed by atoms with Crippen LogP contribution >= 0.6 is 0 Å². The Morgan fingerprint density at radius 3 is 2.79 bits per heavy atom. The van der Waals surface area contributed by atoms with Crippen LogP contribution in [0.25, 0.3) is 0 Å². The molecule has 1 aliphatic carbocycles. The van der Waals surface area contributed by atoms with Crippen molar-refractivity contribution in [3.8, 4) is 11.8 Å². The van der Waals surface area contributed by atoms with Crippen LogP contribution in [0, 0.1) is 16.7 Å². The predicted octanol–water partition coefficient (Wildman–Crippen LogP) is 3.18. The maximum Gasteiger partial charge on any atom is 0.412 e. The van der Waals surface area contributed by atoms with Crippen molar-refractivity contribution in [3.05, 3.63) is 23.8 Å². The van der Waals surface area contributed by atoms with Gasteiger partial charge in [0.25, 0.3) is 0 Å². The number of aliphatic hydroxyl groups is 1. The molecule has 0 aromatic heterocycles. The maximum atomic E-state index is 13.6. The quantitative estimate of drug-likeness (QED) is 0.708. The molecule has 0 bridgehead atoms. The number of nitrogens with one attached hydrogen (secondary N) is 1. The van der Waals surface area contributed by atoms with Gasteiger partial charge in [0.15, 0.2) is 0 Å². The number of carbonyl (C=O) groups is 2. The highest BCUT2D eigenvalue weighted by Crippen LogP contribution is 2.44. The SMILES string of the molecule is CCCNC(=O)Oc1ccc(N2CCCC3(CCN(C4CCC(O)CC4)C3=O)C2)c(C#N)c1. The minimum absolute atomic E-state index is 0.229. The van der Waals surface area contributed by atoms with Gasteiger partial charge >= 0.3 is 6.09 Å². The van der Waals surface area contributed by atoms with Gasteiger partial charge in [-0.1, -0.05) is 6.92 Å². The van der Waals surface area contributed by atoms with Gasteiger partial charge in [0.05, 0.1) is 22.8 Å². The molecule has 4 rings (SSSR count). The molecule has 1 aromatic rings. The summed E-state index contributed by atoms with van der Waals surface area (Å²) < 4.78 is 5.30. The summed E-state index contributed by atoms with van der Waals surface area (Å²) in [6.07, 6.45) is 5.94. The number of piperidine rings is 1. The molecular formula is C25H34N4O4. The molecule has 2 heterocycles. The maximum absolute atomic E-state index is 13.6. The number of ether oxygens (including phenoxy) is 1. The van der Waals surface area contributed by atoms with E-state index in [1.807, 2.05) is 13.0 Å². The second-order valence-corrected chi connectivity index (χ2v) is 9.62. The molecule has 1 aromatic carbocycles. The first-order valence-electron chi connectivity index (χ1n) is 12.2. The van der Waals surface area contributed by atoms with Crippen molar-refractivity contribution in [1.82, 2.24) is 10.2 Å². The number of hydrogen-bond donors (Lipinski definition) is 2. The number of anilines is 1. The molecule has 3 aliphatic rings. The summed E-state index contributed by atoms with van der Waals surface area (Å²) in [5.74, 6) is 0.567. The number of nitriles is 1. The van der Waals surface area contributed by atoms with Crippen LogP contribution < -0.4 is 15.0 Å². The first-order chi connectivity index (χ1) is 16.0. The summed E-state index contributed by atoms with van der Waals surface area (Å²) >= 11 is 0. The molecule has 2 amide bonds. The Kier molecular flexibility index (Phi) is 7.08. The van der Waals surface area contributed by atoms with Crippen molar-refractivity contribution in [3.63, 3.8) is 0 Å². The fraction of sp³-hybridized carbons (Fsp3) is 0.640. The molecule has 2 aliphatic heterocycles. The molecule has 2 N–H and O–H groups in total. The standard InChI is InChI=1S/C25H34N4O4/c1-2-12-27-24(32)33-21-8-9-22(18(15-21)16-26)28-13-3-10-25(17-28)11-14-29(23(25)31)19-4-6-20(30)7-5-19/h8-9,15,19-20,30H,2-7,10-14,17H2,1H3,(H,27,32). The van der Waals surface area contributed by atoms with Gasteiger partial charge in [-0.3, -0.25) is 4.79 Å². The van der Waals surface area contributed by atoms with E-state index in [-0.39, 0.29) is 18.1 Å². The fourth-order valence-electron chi connectivity index (χ4n) is 5.60. The average molecular weight is 455 g/mol. The number of carbonyl (C=O) groups excluding carboxylic acids is 2. The minimum atomic E-state index is -0.530. The molecule has 8 nitrogen and oxygen atoms in total. The summed E-state index contributed by atoms with van der Waals surface area (Å²) in [6, 6.07) is 7.59. The third-order valence-corrected chi connectivity index (χ3v) is 7.39. The number of rotatable bonds is 5. The predicted molar refractivity (Wildman–Crippen MR) is 124 cm³/mol. The van der Waals surface area contributed by atoms with Gasteiger partial charge in [-0.05, 0) is 63.5 Å². The third-order valence-electron chi connectivity index (χ3n) is 7.39. The molecular weight excluding hydrogens is 420 g/mol. The Balaban J connectivity index is 1.46. The van der Waals surface area contributed by atoms with E-state index in [1.165, 1.54) is 0 Å². The fourth-order valence-corrected chi connectivity index (χ4v) is 5.60. The number of benzene rings is 1. The normalized spacial score (nSPS) is 27.5. The number of hydrogen-bond acceptors (Lipinski definition) is 6. The van der Waals surface area contributed by atoms with Gasteiger partial charge in [0, 0.05) is 38.3 Å². The van der Waals surface area contributed by atoms with Crippen molar-refractivity contribution in [2.24, 2.45) is 5.41 Å². The van der Waals surface area contributed by atoms with Crippen LogP contribution in [0.15, 0.2) is 18.2 Å². The van der Waals surface area contributed by atoms with Gasteiger partial charge in [0.2, 0.25) is 5.91 Å². The third kappa shape index (κ3) is 4.93. The van der Waals surface area contributed by atoms with Gasteiger partial charge in [-0.15, -0.1) is 0 Å². The van der Waals surface area contributed by atoms with Crippen molar-refractivity contribution < 1.29 is 19.4 Å². The van der Waals surface area contributed by atoms with E-state index in [2.05, 4.69) is 21.2 Å². The second-order valence-electron chi connectivity index (χ2n) is 9.62. The summed E-state index contributed by atoms with van der Waals surface area (Å²) in [7, 11) is 0. The Morgan fingerprint density at radius 1 is 1.27 bits per heavy atom. The molecule has 2 saturated heterocycles. The lowest BCUT2D eigenvalue weighted by molar-refractivity contribution is -0.139. The highest BCUT2D eigenvalue weighted by molar-refractivity contribution is 5.86. The van der Waals surface area contributed by atoms with Crippen molar-refractivity contribution in [2.75, 3.05) is 31.1 Å². The number of likely N-dealkylation sites (tertiary alicyclic amines) is 1. The average Bonchev–Trinajstić information content (AvgIpc) is 3.13. The number of amides is 2. The zero-order valence-corrected chi connectivity index (χ0v) is 19.4. The molecule has 0 radical (unpaired) electrons. The highest BCUT2D eigenvalue weighted by Gasteiger charge is 2.50. The smallest absolute Gasteiger partial charge is 0.410 e. The number of nitrogens with zero attached hydrogens (tertiary/aromatic N) is 3. The van der Waals surface area contributed by atoms with Crippen LogP contribution in [-0.4, -0.2) is 60.3 Å². The molecule has 1 saturated carbocycles. The van der Waals surface area contributed by atoms with E-state index in [0.29, 0.717) is 24.4 Å². The summed E-state index contributed by atoms with van der Waals surface area (Å²) in [5.41, 5.74) is 0.817. The molecule has 3 fully saturated rings. The first-order valence-corrected chi connectivity index (χ1v) is 12.2. The van der Waals surface area contributed by atoms with Gasteiger partial charge in [0.1, 0.15) is 11.8 Å². The zero-order chi connectivity index (χ0) is 23.4. The van der Waals surface area contributed by atoms with E-state index in [0.717, 1.165) is 70.1 Å². The van der Waals surface area contributed by atoms with Crippen molar-refractivity contribution in [2.45, 2.75) is 70.4 Å². The van der Waals surface area contributed by atoms with Gasteiger partial charge < -0.3 is 25.0 Å². The Hall–Kier alpha value is -2.79. The monoisotopic (exact) mass is 454 g/mol. The van der Waals surface area contributed by atoms with Gasteiger partial charge in [-0.2, -0.15) is 5.26 Å². The van der Waals surface area contributed by atoms with Crippen LogP contribution in [0.5, 0.6) is 5.75 Å². The van der Waals surface area contributed by atoms with Crippen molar-refractivity contribution in [1.29, 1.82) is 5.26 Å². The second kappa shape index (κ2) is 10.0. The van der Waals surface area contributed by atoms with E-state index < -0.39 is 11.5 Å². The van der Waals surface area contributed by atoms with Gasteiger partial charge in [-0.25, -0.2) is 4.79 Å². The van der Waals surface area contributed by atoms with Crippen LogP contribution in [0.3, 0.4) is 0 Å². The highest BCUT2D eigenvalue weighted by atomic mass is 16.6.